The van der Waals surface area contributed by atoms with Gasteiger partial charge in [0, 0.05) is 13.1 Å². The Morgan fingerprint density at radius 1 is 1.16 bits per heavy atom. The number of nitriles is 1. The lowest BCUT2D eigenvalue weighted by molar-refractivity contribution is -0.149. The average Bonchev–Trinajstić information content (AvgIpc) is 3.32. The van der Waals surface area contributed by atoms with Crippen molar-refractivity contribution in [3.05, 3.63) is 105 Å². The molecule has 1 saturated heterocycles. The zero-order valence-electron chi connectivity index (χ0n) is 22.3. The van der Waals surface area contributed by atoms with Gasteiger partial charge in [-0.2, -0.15) is 5.26 Å². The van der Waals surface area contributed by atoms with E-state index >= 15 is 0 Å². The molecule has 0 radical (unpaired) electrons. The fourth-order valence-electron chi connectivity index (χ4n) is 4.05. The number of carbonyl (C=O) groups is 1. The molecule has 1 aliphatic rings. The first kappa shape index (κ1) is 30.0. The molecule has 1 N–H and O–H groups in total. The summed E-state index contributed by atoms with van der Waals surface area (Å²) >= 11 is 5.71. The summed E-state index contributed by atoms with van der Waals surface area (Å²) in [5.74, 6) is 0.209. The Morgan fingerprint density at radius 2 is 1.84 bits per heavy atom. The smallest absolute Gasteiger partial charge is 0.258 e. The topological polar surface area (TPSA) is 64.3 Å². The quantitative estimate of drug-likeness (QED) is 0.403. The molecule has 3 aromatic carbocycles. The molecule has 3 aromatic rings. The van der Waals surface area contributed by atoms with E-state index in [0.29, 0.717) is 22.1 Å². The van der Waals surface area contributed by atoms with Crippen molar-refractivity contribution >= 4 is 17.5 Å². The maximum atomic E-state index is 12.5. The highest BCUT2D eigenvalue weighted by atomic mass is 35.5. The molecular weight excluding hydrogens is 487 g/mol. The zero-order valence-corrected chi connectivity index (χ0v) is 23.0. The van der Waals surface area contributed by atoms with E-state index in [9.17, 15) is 14.3 Å². The fraction of sp³-hybridized carbons (Fsp3) is 0.355. The van der Waals surface area contributed by atoms with Crippen LogP contribution < -0.4 is 0 Å². The van der Waals surface area contributed by atoms with Crippen LogP contribution in [0.2, 0.25) is 5.02 Å². The SMILES string of the molecule is CC1CCN(C(=O)C(C)(O)c2ccccc2)C1.CCc1cc(F)ccc1C.Cc1ccc(C#N)c(Cl)c1. The van der Waals surface area contributed by atoms with Crippen LogP contribution in [0.5, 0.6) is 0 Å². The number of carbonyl (C=O) groups excluding carboxylic acids is 1. The number of likely N-dealkylation sites (tertiary alicyclic amines) is 1. The Balaban J connectivity index is 0.000000208. The van der Waals surface area contributed by atoms with E-state index in [1.807, 2.05) is 57.2 Å². The van der Waals surface area contributed by atoms with Gasteiger partial charge < -0.3 is 10.0 Å². The van der Waals surface area contributed by atoms with Crippen molar-refractivity contribution in [3.63, 3.8) is 0 Å². The maximum Gasteiger partial charge on any atom is 0.258 e. The minimum atomic E-state index is -1.41. The van der Waals surface area contributed by atoms with Crippen molar-refractivity contribution in [1.82, 2.24) is 4.90 Å². The second kappa shape index (κ2) is 13.9. The normalized spacial score (nSPS) is 15.9. The summed E-state index contributed by atoms with van der Waals surface area (Å²) in [5, 5.41) is 19.4. The van der Waals surface area contributed by atoms with Gasteiger partial charge in [-0.1, -0.05) is 67.9 Å². The van der Waals surface area contributed by atoms with Crippen molar-refractivity contribution in [2.45, 2.75) is 53.1 Å². The van der Waals surface area contributed by atoms with Crippen LogP contribution in [0.3, 0.4) is 0 Å². The molecular formula is C31H36ClFN2O2. The highest BCUT2D eigenvalue weighted by Crippen LogP contribution is 2.26. The van der Waals surface area contributed by atoms with Gasteiger partial charge in [0.2, 0.25) is 0 Å². The molecule has 37 heavy (non-hydrogen) atoms. The number of aliphatic hydroxyl groups is 1. The third kappa shape index (κ3) is 8.70. The molecule has 4 nitrogen and oxygen atoms in total. The van der Waals surface area contributed by atoms with E-state index in [0.717, 1.165) is 37.1 Å². The average molecular weight is 523 g/mol. The third-order valence-electron chi connectivity index (χ3n) is 6.40. The Bertz CT molecular complexity index is 1210. The minimum absolute atomic E-state index is 0.137. The van der Waals surface area contributed by atoms with Gasteiger partial charge in [-0.15, -0.1) is 0 Å². The first-order valence-electron chi connectivity index (χ1n) is 12.5. The molecule has 196 valence electrons. The Labute approximate surface area is 225 Å². The van der Waals surface area contributed by atoms with Crippen molar-refractivity contribution in [3.8, 4) is 6.07 Å². The summed E-state index contributed by atoms with van der Waals surface area (Å²) in [6.45, 7) is 11.2. The summed E-state index contributed by atoms with van der Waals surface area (Å²) in [6.07, 6.45) is 1.93. The van der Waals surface area contributed by atoms with Crippen LogP contribution in [0.25, 0.3) is 0 Å². The number of hydrogen-bond donors (Lipinski definition) is 1. The van der Waals surface area contributed by atoms with Gasteiger partial charge in [-0.05, 0) is 86.1 Å². The summed E-state index contributed by atoms with van der Waals surface area (Å²) < 4.78 is 12.5. The van der Waals surface area contributed by atoms with Crippen LogP contribution in [0.1, 0.15) is 55.0 Å². The number of rotatable bonds is 3. The molecule has 2 unspecified atom stereocenters. The standard InChI is InChI=1S/C14H19NO2.C9H11F.C8H6ClN/c1-11-8-9-15(10-11)13(16)14(2,17)12-6-4-3-5-7-12;1-3-8-6-9(10)5-4-7(8)2;1-6-2-3-7(5-10)8(9)4-6/h3-7,11,17H,8-10H2,1-2H3;4-6H,3H2,1-2H3;2-4H,1H3. The molecule has 0 aliphatic carbocycles. The third-order valence-corrected chi connectivity index (χ3v) is 6.71. The highest BCUT2D eigenvalue weighted by molar-refractivity contribution is 6.31. The van der Waals surface area contributed by atoms with Gasteiger partial charge in [0.15, 0.2) is 5.60 Å². The highest BCUT2D eigenvalue weighted by Gasteiger charge is 2.38. The molecule has 1 fully saturated rings. The zero-order chi connectivity index (χ0) is 27.6. The first-order chi connectivity index (χ1) is 17.5. The van der Waals surface area contributed by atoms with Crippen LogP contribution in [-0.4, -0.2) is 29.0 Å². The number of benzene rings is 3. The van der Waals surface area contributed by atoms with Gasteiger partial charge in [0.25, 0.3) is 5.91 Å². The molecule has 4 rings (SSSR count). The number of halogens is 2. The van der Waals surface area contributed by atoms with E-state index < -0.39 is 5.60 Å². The number of aryl methyl sites for hydroxylation is 3. The van der Waals surface area contributed by atoms with E-state index in [2.05, 4.69) is 6.92 Å². The van der Waals surface area contributed by atoms with Gasteiger partial charge in [-0.3, -0.25) is 4.79 Å². The first-order valence-corrected chi connectivity index (χ1v) is 12.9. The molecule has 1 heterocycles. The second-order valence-electron chi connectivity index (χ2n) is 9.60. The van der Waals surface area contributed by atoms with Crippen LogP contribution >= 0.6 is 11.6 Å². The van der Waals surface area contributed by atoms with Crippen molar-refractivity contribution in [2.24, 2.45) is 5.92 Å². The molecule has 0 aromatic heterocycles. The second-order valence-corrected chi connectivity index (χ2v) is 10.0. The lowest BCUT2D eigenvalue weighted by atomic mass is 9.94. The van der Waals surface area contributed by atoms with Crippen molar-refractivity contribution in [2.75, 3.05) is 13.1 Å². The molecule has 6 heteroatoms. The predicted octanol–water partition coefficient (Wildman–Crippen LogP) is 6.98. The van der Waals surface area contributed by atoms with Gasteiger partial charge >= 0.3 is 0 Å². The summed E-state index contributed by atoms with van der Waals surface area (Å²) in [4.78, 5) is 14.1. The maximum absolute atomic E-state index is 12.5. The summed E-state index contributed by atoms with van der Waals surface area (Å²) in [7, 11) is 0. The molecule has 0 bridgehead atoms. The van der Waals surface area contributed by atoms with Gasteiger partial charge in [0.1, 0.15) is 11.9 Å². The van der Waals surface area contributed by atoms with Crippen LogP contribution in [0, 0.1) is 36.9 Å². The van der Waals surface area contributed by atoms with Gasteiger partial charge in [-0.25, -0.2) is 4.39 Å². The lowest BCUT2D eigenvalue weighted by Gasteiger charge is -2.28. The van der Waals surface area contributed by atoms with Gasteiger partial charge in [0.05, 0.1) is 10.6 Å². The number of amides is 1. The number of hydrogen-bond acceptors (Lipinski definition) is 3. The van der Waals surface area contributed by atoms with E-state index in [-0.39, 0.29) is 11.7 Å². The van der Waals surface area contributed by atoms with E-state index in [1.54, 1.807) is 42.2 Å². The molecule has 1 aliphatic heterocycles. The lowest BCUT2D eigenvalue weighted by Crippen LogP contribution is -2.44. The monoisotopic (exact) mass is 522 g/mol. The van der Waals surface area contributed by atoms with Crippen molar-refractivity contribution in [1.29, 1.82) is 5.26 Å². The van der Waals surface area contributed by atoms with E-state index in [4.69, 9.17) is 16.9 Å². The Morgan fingerprint density at radius 3 is 2.35 bits per heavy atom. The summed E-state index contributed by atoms with van der Waals surface area (Å²) in [6, 6.07) is 21.4. The predicted molar refractivity (Wildman–Crippen MR) is 148 cm³/mol. The molecule has 0 saturated carbocycles. The molecule has 0 spiro atoms. The minimum Gasteiger partial charge on any atom is -0.376 e. The van der Waals surface area contributed by atoms with Crippen LogP contribution in [0.15, 0.2) is 66.7 Å². The molecule has 1 amide bonds. The van der Waals surface area contributed by atoms with Crippen molar-refractivity contribution < 1.29 is 14.3 Å². The molecule has 2 atom stereocenters. The fourth-order valence-corrected chi connectivity index (χ4v) is 4.32. The largest absolute Gasteiger partial charge is 0.376 e. The number of nitrogens with zero attached hydrogens (tertiary/aromatic N) is 2. The van der Waals surface area contributed by atoms with Crippen LogP contribution in [0.4, 0.5) is 4.39 Å². The Kier molecular flexibility index (Phi) is 11.3. The Hall–Kier alpha value is -3.20. The summed E-state index contributed by atoms with van der Waals surface area (Å²) in [5.41, 5.74) is 3.12. The van der Waals surface area contributed by atoms with E-state index in [1.165, 1.54) is 11.6 Å². The van der Waals surface area contributed by atoms with Crippen LogP contribution in [-0.2, 0) is 16.8 Å².